The van der Waals surface area contributed by atoms with Gasteiger partial charge in [0.1, 0.15) is 11.9 Å². The predicted octanol–water partition coefficient (Wildman–Crippen LogP) is 2.94. The van der Waals surface area contributed by atoms with Crippen molar-refractivity contribution in [3.05, 3.63) is 29.8 Å². The van der Waals surface area contributed by atoms with E-state index in [1.807, 2.05) is 12.1 Å². The van der Waals surface area contributed by atoms with Gasteiger partial charge in [0, 0.05) is 14.0 Å². The van der Waals surface area contributed by atoms with Crippen LogP contribution in [0.2, 0.25) is 0 Å². The molecular weight excluding hydrogens is 256 g/mol. The summed E-state index contributed by atoms with van der Waals surface area (Å²) in [5.41, 5.74) is 1.25. The zero-order valence-corrected chi connectivity index (χ0v) is 12.1. The number of ether oxygens (including phenoxy) is 3. The fourth-order valence-electron chi connectivity index (χ4n) is 2.76. The molecule has 0 heterocycles. The van der Waals surface area contributed by atoms with E-state index in [-0.39, 0.29) is 18.9 Å². The molecule has 0 unspecified atom stereocenters. The van der Waals surface area contributed by atoms with Gasteiger partial charge in [0.25, 0.3) is 0 Å². The minimum absolute atomic E-state index is 0.0805. The highest BCUT2D eigenvalue weighted by Gasteiger charge is 2.29. The monoisotopic (exact) mass is 278 g/mol. The summed E-state index contributed by atoms with van der Waals surface area (Å²) in [6, 6.07) is 8.02. The molecule has 2 atom stereocenters. The van der Waals surface area contributed by atoms with Gasteiger partial charge in [-0.3, -0.25) is 4.79 Å². The molecule has 0 amide bonds. The van der Waals surface area contributed by atoms with Gasteiger partial charge in [-0.1, -0.05) is 12.1 Å². The highest BCUT2D eigenvalue weighted by atomic mass is 16.7. The maximum Gasteiger partial charge on any atom is 0.302 e. The van der Waals surface area contributed by atoms with Gasteiger partial charge >= 0.3 is 5.97 Å². The van der Waals surface area contributed by atoms with Gasteiger partial charge in [-0.25, -0.2) is 0 Å². The quantitative estimate of drug-likeness (QED) is 0.593. The molecule has 1 aromatic rings. The smallest absolute Gasteiger partial charge is 0.302 e. The SMILES string of the molecule is COCOc1ccc(C[C@H]2CCC[C@@H]2OC(C)=O)cc1. The average Bonchev–Trinajstić information content (AvgIpc) is 2.84. The van der Waals surface area contributed by atoms with Crippen molar-refractivity contribution in [2.45, 2.75) is 38.7 Å². The Morgan fingerprint density at radius 1 is 1.25 bits per heavy atom. The van der Waals surface area contributed by atoms with Crippen LogP contribution in [0, 0.1) is 5.92 Å². The highest BCUT2D eigenvalue weighted by molar-refractivity contribution is 5.66. The Kier molecular flexibility index (Phi) is 5.41. The summed E-state index contributed by atoms with van der Waals surface area (Å²) in [6.45, 7) is 1.74. The largest absolute Gasteiger partial charge is 0.468 e. The van der Waals surface area contributed by atoms with Crippen molar-refractivity contribution in [3.63, 3.8) is 0 Å². The first kappa shape index (κ1) is 14.9. The number of hydrogen-bond donors (Lipinski definition) is 0. The molecule has 0 spiro atoms. The number of benzene rings is 1. The van der Waals surface area contributed by atoms with Crippen LogP contribution in [0.15, 0.2) is 24.3 Å². The Balaban J connectivity index is 1.90. The second-order valence-electron chi connectivity index (χ2n) is 5.24. The van der Waals surface area contributed by atoms with Crippen LogP contribution in [-0.4, -0.2) is 26.0 Å². The first-order chi connectivity index (χ1) is 9.69. The van der Waals surface area contributed by atoms with Gasteiger partial charge in [-0.05, 0) is 49.3 Å². The fraction of sp³-hybridized carbons (Fsp3) is 0.562. The second kappa shape index (κ2) is 7.29. The lowest BCUT2D eigenvalue weighted by Crippen LogP contribution is -2.22. The van der Waals surface area contributed by atoms with Gasteiger partial charge in [-0.15, -0.1) is 0 Å². The molecule has 1 aromatic carbocycles. The van der Waals surface area contributed by atoms with E-state index >= 15 is 0 Å². The summed E-state index contributed by atoms with van der Waals surface area (Å²) in [5.74, 6) is 1.06. The van der Waals surface area contributed by atoms with E-state index in [0.29, 0.717) is 5.92 Å². The van der Waals surface area contributed by atoms with Crippen molar-refractivity contribution in [1.29, 1.82) is 0 Å². The number of hydrogen-bond acceptors (Lipinski definition) is 4. The lowest BCUT2D eigenvalue weighted by molar-refractivity contribution is -0.147. The van der Waals surface area contributed by atoms with Gasteiger partial charge in [-0.2, -0.15) is 0 Å². The van der Waals surface area contributed by atoms with E-state index in [1.165, 1.54) is 12.5 Å². The number of carbonyl (C=O) groups excluding carboxylic acids is 1. The van der Waals surface area contributed by atoms with Gasteiger partial charge in [0.05, 0.1) is 0 Å². The standard InChI is InChI=1S/C16H22O4/c1-12(17)20-16-5-3-4-14(16)10-13-6-8-15(9-7-13)19-11-18-2/h6-9,14,16H,3-5,10-11H2,1-2H3/t14-,16+/m1/s1. The van der Waals surface area contributed by atoms with Crippen molar-refractivity contribution in [2.24, 2.45) is 5.92 Å². The molecule has 0 aliphatic heterocycles. The zero-order chi connectivity index (χ0) is 14.4. The molecule has 0 N–H and O–H groups in total. The molecule has 1 aliphatic carbocycles. The number of rotatable bonds is 6. The average molecular weight is 278 g/mol. The lowest BCUT2D eigenvalue weighted by atomic mass is 9.96. The second-order valence-corrected chi connectivity index (χ2v) is 5.24. The Morgan fingerprint density at radius 3 is 2.65 bits per heavy atom. The summed E-state index contributed by atoms with van der Waals surface area (Å²) in [7, 11) is 1.60. The van der Waals surface area contributed by atoms with Crippen LogP contribution in [0.1, 0.15) is 31.7 Å². The summed E-state index contributed by atoms with van der Waals surface area (Å²) in [6.07, 6.45) is 4.27. The number of methoxy groups -OCH3 is 1. The molecule has 20 heavy (non-hydrogen) atoms. The predicted molar refractivity (Wildman–Crippen MR) is 75.5 cm³/mol. The molecule has 4 nitrogen and oxygen atoms in total. The number of carbonyl (C=O) groups is 1. The first-order valence-electron chi connectivity index (χ1n) is 7.07. The lowest BCUT2D eigenvalue weighted by Gasteiger charge is -2.19. The maximum atomic E-state index is 11.1. The van der Waals surface area contributed by atoms with Crippen molar-refractivity contribution < 1.29 is 19.0 Å². The Bertz CT molecular complexity index is 427. The molecule has 2 rings (SSSR count). The summed E-state index contributed by atoms with van der Waals surface area (Å²) in [5, 5.41) is 0. The normalized spacial score (nSPS) is 21.7. The van der Waals surface area contributed by atoms with Gasteiger partial charge in [0.15, 0.2) is 6.79 Å². The topological polar surface area (TPSA) is 44.8 Å². The van der Waals surface area contributed by atoms with E-state index in [4.69, 9.17) is 14.2 Å². The van der Waals surface area contributed by atoms with E-state index in [9.17, 15) is 4.79 Å². The van der Waals surface area contributed by atoms with Crippen LogP contribution in [-0.2, 0) is 20.7 Å². The Labute approximate surface area is 120 Å². The number of esters is 1. The highest BCUT2D eigenvalue weighted by Crippen LogP contribution is 2.31. The van der Waals surface area contributed by atoms with Crippen LogP contribution in [0.4, 0.5) is 0 Å². The molecule has 1 fully saturated rings. The van der Waals surface area contributed by atoms with Crippen LogP contribution in [0.5, 0.6) is 5.75 Å². The molecule has 0 radical (unpaired) electrons. The molecule has 110 valence electrons. The van der Waals surface area contributed by atoms with Crippen molar-refractivity contribution in [3.8, 4) is 5.75 Å². The van der Waals surface area contributed by atoms with Crippen LogP contribution in [0.3, 0.4) is 0 Å². The van der Waals surface area contributed by atoms with E-state index < -0.39 is 0 Å². The molecule has 0 bridgehead atoms. The third-order valence-corrected chi connectivity index (χ3v) is 3.67. The molecular formula is C16H22O4. The fourth-order valence-corrected chi connectivity index (χ4v) is 2.76. The van der Waals surface area contributed by atoms with Crippen molar-refractivity contribution in [2.75, 3.05) is 13.9 Å². The van der Waals surface area contributed by atoms with Crippen molar-refractivity contribution >= 4 is 5.97 Å². The van der Waals surface area contributed by atoms with Gasteiger partial charge < -0.3 is 14.2 Å². The Morgan fingerprint density at radius 2 is 2.00 bits per heavy atom. The summed E-state index contributed by atoms with van der Waals surface area (Å²) in [4.78, 5) is 11.1. The zero-order valence-electron chi connectivity index (χ0n) is 12.1. The third kappa shape index (κ3) is 4.23. The molecule has 4 heteroatoms. The third-order valence-electron chi connectivity index (χ3n) is 3.67. The van der Waals surface area contributed by atoms with Crippen LogP contribution >= 0.6 is 0 Å². The van der Waals surface area contributed by atoms with E-state index in [1.54, 1.807) is 7.11 Å². The van der Waals surface area contributed by atoms with E-state index in [2.05, 4.69) is 12.1 Å². The van der Waals surface area contributed by atoms with E-state index in [0.717, 1.165) is 31.4 Å². The van der Waals surface area contributed by atoms with Crippen molar-refractivity contribution in [1.82, 2.24) is 0 Å². The van der Waals surface area contributed by atoms with Gasteiger partial charge in [0.2, 0.25) is 0 Å². The molecule has 0 aromatic heterocycles. The summed E-state index contributed by atoms with van der Waals surface area (Å²) < 4.78 is 15.6. The van der Waals surface area contributed by atoms with Crippen LogP contribution < -0.4 is 4.74 Å². The first-order valence-corrected chi connectivity index (χ1v) is 7.07. The molecule has 1 aliphatic rings. The maximum absolute atomic E-state index is 11.1. The molecule has 0 saturated heterocycles. The molecule has 1 saturated carbocycles. The Hall–Kier alpha value is -1.55. The minimum atomic E-state index is -0.176. The van der Waals surface area contributed by atoms with Crippen LogP contribution in [0.25, 0.3) is 0 Å². The summed E-state index contributed by atoms with van der Waals surface area (Å²) >= 11 is 0. The minimum Gasteiger partial charge on any atom is -0.468 e.